The number of hydrogen-bond acceptors (Lipinski definition) is 6. The standard InChI is InChI=1S/C20H26N2O4S2/c1-9-14(18(23)25-2)17(28-16(9)19(24)26-3)22-20(27)21-15-12-5-10-4-11(7-12)8-13(15)6-10/h10-13,15H,4-8H2,1-3H3,(H2,21,22,27). The van der Waals surface area contributed by atoms with E-state index in [-0.39, 0.29) is 0 Å². The third-order valence-electron chi connectivity index (χ3n) is 6.66. The largest absolute Gasteiger partial charge is 0.465 e. The zero-order chi connectivity index (χ0) is 20.0. The van der Waals surface area contributed by atoms with Crippen molar-refractivity contribution >= 4 is 45.6 Å². The highest BCUT2D eigenvalue weighted by Crippen LogP contribution is 2.53. The lowest BCUT2D eigenvalue weighted by atomic mass is 9.54. The Morgan fingerprint density at radius 3 is 2.11 bits per heavy atom. The molecule has 0 amide bonds. The first-order valence-corrected chi connectivity index (χ1v) is 11.0. The molecule has 0 aromatic carbocycles. The molecule has 0 saturated heterocycles. The van der Waals surface area contributed by atoms with Crippen molar-refractivity contribution in [3.05, 3.63) is 16.0 Å². The van der Waals surface area contributed by atoms with Crippen molar-refractivity contribution in [3.63, 3.8) is 0 Å². The molecule has 0 atom stereocenters. The van der Waals surface area contributed by atoms with Gasteiger partial charge in [-0.3, -0.25) is 0 Å². The van der Waals surface area contributed by atoms with Gasteiger partial charge in [0.1, 0.15) is 9.88 Å². The van der Waals surface area contributed by atoms with E-state index in [2.05, 4.69) is 10.6 Å². The van der Waals surface area contributed by atoms with Crippen molar-refractivity contribution in [2.24, 2.45) is 23.7 Å². The first kappa shape index (κ1) is 19.6. The van der Waals surface area contributed by atoms with Gasteiger partial charge in [0.15, 0.2) is 5.11 Å². The Morgan fingerprint density at radius 2 is 1.57 bits per heavy atom. The van der Waals surface area contributed by atoms with Crippen molar-refractivity contribution in [2.75, 3.05) is 19.5 Å². The van der Waals surface area contributed by atoms with Crippen LogP contribution in [-0.4, -0.2) is 37.3 Å². The Labute approximate surface area is 174 Å². The second-order valence-corrected chi connectivity index (χ2v) is 9.73. The number of nitrogens with one attached hydrogen (secondary N) is 2. The molecule has 0 spiro atoms. The maximum atomic E-state index is 12.3. The number of esters is 2. The zero-order valence-corrected chi connectivity index (χ0v) is 18.0. The molecule has 5 rings (SSSR count). The molecule has 4 fully saturated rings. The monoisotopic (exact) mass is 422 g/mol. The molecule has 8 heteroatoms. The van der Waals surface area contributed by atoms with E-state index in [9.17, 15) is 9.59 Å². The number of thiocarbonyl (C=S) groups is 1. The van der Waals surface area contributed by atoms with Gasteiger partial charge in [-0.1, -0.05) is 0 Å². The maximum Gasteiger partial charge on any atom is 0.348 e. The fourth-order valence-electron chi connectivity index (χ4n) is 5.69. The molecule has 4 bridgehead atoms. The van der Waals surface area contributed by atoms with E-state index in [0.29, 0.717) is 44.0 Å². The van der Waals surface area contributed by atoms with Crippen molar-refractivity contribution in [1.29, 1.82) is 0 Å². The Balaban J connectivity index is 1.51. The molecular formula is C20H26N2O4S2. The van der Waals surface area contributed by atoms with E-state index >= 15 is 0 Å². The normalized spacial score (nSPS) is 30.0. The summed E-state index contributed by atoms with van der Waals surface area (Å²) in [6, 6.07) is 0.399. The molecule has 4 saturated carbocycles. The molecule has 1 aromatic rings. The van der Waals surface area contributed by atoms with Crippen LogP contribution in [0.2, 0.25) is 0 Å². The molecule has 4 aliphatic rings. The fourth-order valence-corrected chi connectivity index (χ4v) is 7.11. The maximum absolute atomic E-state index is 12.3. The lowest BCUT2D eigenvalue weighted by molar-refractivity contribution is -0.00665. The highest BCUT2D eigenvalue weighted by Gasteiger charge is 2.48. The molecule has 1 heterocycles. The van der Waals surface area contributed by atoms with E-state index in [1.807, 2.05) is 0 Å². The summed E-state index contributed by atoms with van der Waals surface area (Å²) in [7, 11) is 2.65. The van der Waals surface area contributed by atoms with Crippen LogP contribution in [0.25, 0.3) is 0 Å². The van der Waals surface area contributed by atoms with Crippen LogP contribution in [0.4, 0.5) is 5.00 Å². The van der Waals surface area contributed by atoms with Crippen LogP contribution in [-0.2, 0) is 9.47 Å². The number of anilines is 1. The van der Waals surface area contributed by atoms with E-state index in [1.54, 1.807) is 6.92 Å². The molecule has 4 aliphatic carbocycles. The smallest absolute Gasteiger partial charge is 0.348 e. The number of rotatable bonds is 4. The van der Waals surface area contributed by atoms with Crippen LogP contribution < -0.4 is 10.6 Å². The van der Waals surface area contributed by atoms with Gasteiger partial charge in [-0.25, -0.2) is 9.59 Å². The number of ether oxygens (including phenoxy) is 2. The number of hydrogen-bond donors (Lipinski definition) is 2. The van der Waals surface area contributed by atoms with Gasteiger partial charge in [-0.15, -0.1) is 11.3 Å². The van der Waals surface area contributed by atoms with Gasteiger partial charge < -0.3 is 20.1 Å². The molecule has 0 aliphatic heterocycles. The third kappa shape index (κ3) is 3.41. The van der Waals surface area contributed by atoms with Crippen LogP contribution in [0.1, 0.15) is 57.7 Å². The second kappa shape index (κ2) is 7.63. The quantitative estimate of drug-likeness (QED) is 0.565. The van der Waals surface area contributed by atoms with Crippen molar-refractivity contribution in [1.82, 2.24) is 5.32 Å². The zero-order valence-electron chi connectivity index (χ0n) is 16.4. The summed E-state index contributed by atoms with van der Waals surface area (Å²) in [6.07, 6.45) is 6.60. The van der Waals surface area contributed by atoms with Crippen LogP contribution in [0.5, 0.6) is 0 Å². The number of carbonyl (C=O) groups is 2. The topological polar surface area (TPSA) is 76.7 Å². The van der Waals surface area contributed by atoms with E-state index in [0.717, 1.165) is 11.8 Å². The van der Waals surface area contributed by atoms with Gasteiger partial charge >= 0.3 is 11.9 Å². The van der Waals surface area contributed by atoms with Gasteiger partial charge in [-0.2, -0.15) is 0 Å². The van der Waals surface area contributed by atoms with Gasteiger partial charge in [0, 0.05) is 6.04 Å². The van der Waals surface area contributed by atoms with E-state index < -0.39 is 11.9 Å². The fraction of sp³-hybridized carbons (Fsp3) is 0.650. The van der Waals surface area contributed by atoms with E-state index in [1.165, 1.54) is 57.7 Å². The lowest BCUT2D eigenvalue weighted by Crippen LogP contribution is -2.56. The summed E-state index contributed by atoms with van der Waals surface area (Å²) < 4.78 is 9.74. The molecule has 28 heavy (non-hydrogen) atoms. The van der Waals surface area contributed by atoms with Crippen molar-refractivity contribution < 1.29 is 19.1 Å². The average Bonchev–Trinajstić information content (AvgIpc) is 2.98. The van der Waals surface area contributed by atoms with Crippen molar-refractivity contribution in [2.45, 2.75) is 45.1 Å². The van der Waals surface area contributed by atoms with Gasteiger partial charge in [-0.05, 0) is 80.5 Å². The lowest BCUT2D eigenvalue weighted by Gasteiger charge is -2.54. The SMILES string of the molecule is COC(=O)c1sc(NC(=S)NC2C3CC4CC(C3)CC2C4)c(C(=O)OC)c1C. The summed E-state index contributed by atoms with van der Waals surface area (Å²) in [5.41, 5.74) is 0.880. The summed E-state index contributed by atoms with van der Waals surface area (Å²) in [6.45, 7) is 1.72. The Hall–Kier alpha value is -1.67. The Kier molecular flexibility index (Phi) is 5.35. The van der Waals surface area contributed by atoms with Gasteiger partial charge in [0.05, 0.1) is 19.8 Å². The second-order valence-electron chi connectivity index (χ2n) is 8.30. The minimum atomic E-state index is -0.496. The van der Waals surface area contributed by atoms with Gasteiger partial charge in [0.2, 0.25) is 0 Å². The molecule has 152 valence electrons. The number of thiophene rings is 1. The highest BCUT2D eigenvalue weighted by atomic mass is 32.1. The van der Waals surface area contributed by atoms with Crippen molar-refractivity contribution in [3.8, 4) is 0 Å². The Bertz CT molecular complexity index is 791. The number of carbonyl (C=O) groups excluding carboxylic acids is 2. The first-order valence-electron chi connectivity index (χ1n) is 9.78. The summed E-state index contributed by atoms with van der Waals surface area (Å²) >= 11 is 6.75. The summed E-state index contributed by atoms with van der Waals surface area (Å²) in [5, 5.41) is 7.70. The van der Waals surface area contributed by atoms with Crippen LogP contribution in [0, 0.1) is 30.6 Å². The molecule has 0 radical (unpaired) electrons. The first-order chi connectivity index (χ1) is 13.4. The minimum absolute atomic E-state index is 0.335. The van der Waals surface area contributed by atoms with E-state index in [4.69, 9.17) is 21.7 Å². The summed E-state index contributed by atoms with van der Waals surface area (Å²) in [5.74, 6) is 2.20. The van der Waals surface area contributed by atoms with Gasteiger partial charge in [0.25, 0.3) is 0 Å². The molecular weight excluding hydrogens is 396 g/mol. The number of methoxy groups -OCH3 is 2. The minimum Gasteiger partial charge on any atom is -0.465 e. The predicted octanol–water partition coefficient (Wildman–Crippen LogP) is 3.74. The van der Waals surface area contributed by atoms with Crippen LogP contribution >= 0.6 is 23.6 Å². The predicted molar refractivity (Wildman–Crippen MR) is 112 cm³/mol. The molecule has 2 N–H and O–H groups in total. The highest BCUT2D eigenvalue weighted by molar-refractivity contribution is 7.80. The molecule has 6 nitrogen and oxygen atoms in total. The Morgan fingerprint density at radius 1 is 1.00 bits per heavy atom. The van der Waals surface area contributed by atoms with Crippen LogP contribution in [0.3, 0.4) is 0 Å². The molecule has 0 unspecified atom stereocenters. The average molecular weight is 423 g/mol. The van der Waals surface area contributed by atoms with Crippen LogP contribution in [0.15, 0.2) is 0 Å². The summed E-state index contributed by atoms with van der Waals surface area (Å²) in [4.78, 5) is 24.7. The third-order valence-corrected chi connectivity index (χ3v) is 8.07. The molecule has 1 aromatic heterocycles.